The van der Waals surface area contributed by atoms with Crippen LogP contribution in [-0.2, 0) is 16.0 Å². The van der Waals surface area contributed by atoms with Gasteiger partial charge in [-0.1, -0.05) is 51.0 Å². The van der Waals surface area contributed by atoms with Gasteiger partial charge in [0.1, 0.15) is 12.1 Å². The van der Waals surface area contributed by atoms with Gasteiger partial charge in [0.15, 0.2) is 0 Å². The molecule has 0 aromatic heterocycles. The van der Waals surface area contributed by atoms with Crippen LogP contribution in [0.25, 0.3) is 0 Å². The van der Waals surface area contributed by atoms with Crippen molar-refractivity contribution in [2.24, 2.45) is 5.41 Å². The first-order valence-electron chi connectivity index (χ1n) is 10.3. The molecule has 1 atom stereocenters. The van der Waals surface area contributed by atoms with Crippen LogP contribution in [0.1, 0.15) is 69.5 Å². The van der Waals surface area contributed by atoms with E-state index in [4.69, 9.17) is 0 Å². The SMILES string of the molecule is CC1(C)CCc2ccccc2C(NC(=O)CN2C(=O)NC3(CCCC3)C2=O)C1. The molecule has 2 fully saturated rings. The van der Waals surface area contributed by atoms with Crippen molar-refractivity contribution in [2.45, 2.75) is 70.4 Å². The molecule has 4 amide bonds. The molecule has 3 aliphatic rings. The van der Waals surface area contributed by atoms with Crippen molar-refractivity contribution in [3.63, 3.8) is 0 Å². The predicted molar refractivity (Wildman–Crippen MR) is 105 cm³/mol. The monoisotopic (exact) mass is 383 g/mol. The van der Waals surface area contributed by atoms with Crippen molar-refractivity contribution in [1.82, 2.24) is 15.5 Å². The third-order valence-electron chi connectivity index (χ3n) is 6.60. The normalized spacial score (nSPS) is 25.4. The molecule has 6 nitrogen and oxygen atoms in total. The number of hydrogen-bond acceptors (Lipinski definition) is 3. The molecule has 2 aliphatic carbocycles. The number of rotatable bonds is 3. The number of hydrogen-bond donors (Lipinski definition) is 2. The van der Waals surface area contributed by atoms with Crippen LogP contribution in [-0.4, -0.2) is 34.8 Å². The summed E-state index contributed by atoms with van der Waals surface area (Å²) in [5.41, 5.74) is 1.74. The molecule has 4 rings (SSSR count). The van der Waals surface area contributed by atoms with Crippen molar-refractivity contribution >= 4 is 17.8 Å². The Morgan fingerprint density at radius 1 is 1.18 bits per heavy atom. The molecule has 28 heavy (non-hydrogen) atoms. The fraction of sp³-hybridized carbons (Fsp3) is 0.591. The lowest BCUT2D eigenvalue weighted by atomic mass is 9.83. The van der Waals surface area contributed by atoms with Gasteiger partial charge in [0.05, 0.1) is 6.04 Å². The van der Waals surface area contributed by atoms with Crippen LogP contribution in [0.3, 0.4) is 0 Å². The molecule has 1 saturated heterocycles. The van der Waals surface area contributed by atoms with E-state index in [1.807, 2.05) is 12.1 Å². The number of aryl methyl sites for hydroxylation is 1. The van der Waals surface area contributed by atoms with Gasteiger partial charge in [-0.2, -0.15) is 0 Å². The van der Waals surface area contributed by atoms with E-state index in [0.29, 0.717) is 12.8 Å². The minimum atomic E-state index is -0.770. The topological polar surface area (TPSA) is 78.5 Å². The van der Waals surface area contributed by atoms with E-state index in [0.717, 1.165) is 42.6 Å². The van der Waals surface area contributed by atoms with Gasteiger partial charge in [-0.3, -0.25) is 14.5 Å². The van der Waals surface area contributed by atoms with Crippen molar-refractivity contribution in [3.8, 4) is 0 Å². The molecule has 6 heteroatoms. The molecule has 2 N–H and O–H groups in total. The Morgan fingerprint density at radius 2 is 1.89 bits per heavy atom. The van der Waals surface area contributed by atoms with Gasteiger partial charge in [-0.05, 0) is 48.6 Å². The Balaban J connectivity index is 1.49. The minimum absolute atomic E-state index is 0.103. The van der Waals surface area contributed by atoms with E-state index in [9.17, 15) is 14.4 Å². The lowest BCUT2D eigenvalue weighted by Crippen LogP contribution is -2.45. The van der Waals surface area contributed by atoms with Crippen molar-refractivity contribution < 1.29 is 14.4 Å². The second-order valence-electron chi connectivity index (χ2n) is 9.30. The molecule has 1 saturated carbocycles. The first-order valence-corrected chi connectivity index (χ1v) is 10.3. The van der Waals surface area contributed by atoms with Crippen molar-refractivity contribution in [1.29, 1.82) is 0 Å². The molecule has 0 bridgehead atoms. The van der Waals surface area contributed by atoms with Gasteiger partial charge in [0, 0.05) is 0 Å². The highest BCUT2D eigenvalue weighted by molar-refractivity contribution is 6.09. The Kier molecular flexibility index (Phi) is 4.68. The predicted octanol–water partition coefficient (Wildman–Crippen LogP) is 3.07. The lowest BCUT2D eigenvalue weighted by molar-refractivity contribution is -0.135. The van der Waals surface area contributed by atoms with Crippen LogP contribution >= 0.6 is 0 Å². The van der Waals surface area contributed by atoms with Crippen molar-refractivity contribution in [3.05, 3.63) is 35.4 Å². The van der Waals surface area contributed by atoms with Crippen molar-refractivity contribution in [2.75, 3.05) is 6.54 Å². The number of carbonyl (C=O) groups is 3. The Morgan fingerprint density at radius 3 is 2.64 bits per heavy atom. The number of imide groups is 1. The minimum Gasteiger partial charge on any atom is -0.348 e. The number of benzene rings is 1. The summed E-state index contributed by atoms with van der Waals surface area (Å²) in [7, 11) is 0. The van der Waals surface area contributed by atoms with E-state index < -0.39 is 11.6 Å². The summed E-state index contributed by atoms with van der Waals surface area (Å²) in [6.07, 6.45) is 6.08. The molecule has 1 aromatic rings. The highest BCUT2D eigenvalue weighted by Crippen LogP contribution is 2.39. The molecule has 1 aliphatic heterocycles. The van der Waals surface area contributed by atoms with Gasteiger partial charge >= 0.3 is 6.03 Å². The maximum atomic E-state index is 12.8. The van der Waals surface area contributed by atoms with E-state index in [1.54, 1.807) is 0 Å². The molecule has 1 spiro atoms. The number of amides is 4. The average molecular weight is 383 g/mol. The summed E-state index contributed by atoms with van der Waals surface area (Å²) in [4.78, 5) is 39.0. The van der Waals surface area contributed by atoms with Crippen LogP contribution in [0, 0.1) is 5.41 Å². The molecule has 1 unspecified atom stereocenters. The van der Waals surface area contributed by atoms with Gasteiger partial charge in [0.2, 0.25) is 5.91 Å². The van der Waals surface area contributed by atoms with Gasteiger partial charge in [0.25, 0.3) is 5.91 Å². The zero-order chi connectivity index (χ0) is 19.9. The summed E-state index contributed by atoms with van der Waals surface area (Å²) < 4.78 is 0. The standard InChI is InChI=1S/C22H29N3O3/c1-21(2)12-9-15-7-3-4-8-16(15)17(13-21)23-18(26)14-25-19(27)22(24-20(25)28)10-5-6-11-22/h3-4,7-8,17H,5-6,9-14H2,1-2H3,(H,23,26)(H,24,28). The summed E-state index contributed by atoms with van der Waals surface area (Å²) in [6.45, 7) is 4.23. The highest BCUT2D eigenvalue weighted by atomic mass is 16.2. The van der Waals surface area contributed by atoms with E-state index in [1.165, 1.54) is 5.56 Å². The molecular weight excluding hydrogens is 354 g/mol. The molecule has 1 aromatic carbocycles. The second-order valence-corrected chi connectivity index (χ2v) is 9.30. The summed E-state index contributed by atoms with van der Waals surface area (Å²) >= 11 is 0. The van der Waals surface area contributed by atoms with Crippen LogP contribution in [0.2, 0.25) is 0 Å². The number of urea groups is 1. The molecule has 0 radical (unpaired) electrons. The van der Waals surface area contributed by atoms with E-state index >= 15 is 0 Å². The van der Waals surface area contributed by atoms with E-state index in [2.05, 4.69) is 36.6 Å². The fourth-order valence-corrected chi connectivity index (χ4v) is 4.99. The smallest absolute Gasteiger partial charge is 0.325 e. The Labute approximate surface area is 166 Å². The molecular formula is C22H29N3O3. The quantitative estimate of drug-likeness (QED) is 0.622. The zero-order valence-corrected chi connectivity index (χ0v) is 16.7. The highest BCUT2D eigenvalue weighted by Gasteiger charge is 2.52. The molecule has 150 valence electrons. The fourth-order valence-electron chi connectivity index (χ4n) is 4.99. The first-order chi connectivity index (χ1) is 13.3. The first kappa shape index (κ1) is 19.0. The summed E-state index contributed by atoms with van der Waals surface area (Å²) in [5.74, 6) is -0.525. The number of fused-ring (bicyclic) bond motifs is 1. The Bertz CT molecular complexity index is 811. The maximum absolute atomic E-state index is 12.8. The van der Waals surface area contributed by atoms with Gasteiger partial charge in [-0.25, -0.2) is 4.79 Å². The number of nitrogens with zero attached hydrogens (tertiary/aromatic N) is 1. The van der Waals surface area contributed by atoms with E-state index in [-0.39, 0.29) is 29.8 Å². The van der Waals surface area contributed by atoms with Crippen LogP contribution < -0.4 is 10.6 Å². The third kappa shape index (κ3) is 3.40. The van der Waals surface area contributed by atoms with Gasteiger partial charge in [-0.15, -0.1) is 0 Å². The largest absolute Gasteiger partial charge is 0.348 e. The van der Waals surface area contributed by atoms with Gasteiger partial charge < -0.3 is 10.6 Å². The number of nitrogens with one attached hydrogen (secondary N) is 2. The molecule has 1 heterocycles. The maximum Gasteiger partial charge on any atom is 0.325 e. The average Bonchev–Trinajstić information content (AvgIpc) is 3.17. The summed E-state index contributed by atoms with van der Waals surface area (Å²) in [6, 6.07) is 7.67. The number of carbonyl (C=O) groups excluding carboxylic acids is 3. The Hall–Kier alpha value is -2.37. The van der Waals surface area contributed by atoms with Crippen LogP contribution in [0.5, 0.6) is 0 Å². The summed E-state index contributed by atoms with van der Waals surface area (Å²) in [5, 5.41) is 5.94. The third-order valence-corrected chi connectivity index (χ3v) is 6.60. The van der Waals surface area contributed by atoms with Crippen LogP contribution in [0.4, 0.5) is 4.79 Å². The lowest BCUT2D eigenvalue weighted by Gasteiger charge is -2.28. The second kappa shape index (κ2) is 6.90. The zero-order valence-electron chi connectivity index (χ0n) is 16.7. The van der Waals surface area contributed by atoms with Crippen LogP contribution in [0.15, 0.2) is 24.3 Å².